The fraction of sp³-hybridized carbons (Fsp3) is 0.455. The molecule has 0 bridgehead atoms. The molecular formula is C11H16O4. The molecule has 0 amide bonds. The van der Waals surface area contributed by atoms with Gasteiger partial charge in [0.25, 0.3) is 0 Å². The van der Waals surface area contributed by atoms with E-state index in [1.165, 1.54) is 20.3 Å². The number of ether oxygens (including phenoxy) is 2. The first-order valence-corrected chi connectivity index (χ1v) is 4.72. The third-order valence-electron chi connectivity index (χ3n) is 2.44. The van der Waals surface area contributed by atoms with Crippen molar-refractivity contribution in [1.82, 2.24) is 0 Å². The van der Waals surface area contributed by atoms with Crippen molar-refractivity contribution in [2.45, 2.75) is 19.1 Å². The van der Waals surface area contributed by atoms with Crippen LogP contribution in [0.2, 0.25) is 0 Å². The summed E-state index contributed by atoms with van der Waals surface area (Å²) in [6.07, 6.45) is 0.351. The molecular weight excluding hydrogens is 196 g/mol. The zero-order valence-electron chi connectivity index (χ0n) is 9.15. The lowest BCUT2D eigenvalue weighted by Gasteiger charge is -2.26. The third-order valence-corrected chi connectivity index (χ3v) is 2.44. The van der Waals surface area contributed by atoms with E-state index in [1.807, 2.05) is 0 Å². The summed E-state index contributed by atoms with van der Waals surface area (Å²) in [6, 6.07) is 4.69. The van der Waals surface area contributed by atoms with Gasteiger partial charge < -0.3 is 19.7 Å². The smallest absolute Gasteiger partial charge is 0.195 e. The Morgan fingerprint density at radius 2 is 2.00 bits per heavy atom. The van der Waals surface area contributed by atoms with E-state index in [0.717, 1.165) is 0 Å². The number of aliphatic hydroxyl groups is 1. The van der Waals surface area contributed by atoms with Crippen molar-refractivity contribution in [1.29, 1.82) is 0 Å². The van der Waals surface area contributed by atoms with Crippen LogP contribution in [0.25, 0.3) is 0 Å². The van der Waals surface area contributed by atoms with Gasteiger partial charge in [0.05, 0.1) is 12.7 Å². The topological polar surface area (TPSA) is 58.9 Å². The fourth-order valence-corrected chi connectivity index (χ4v) is 1.41. The highest BCUT2D eigenvalue weighted by Crippen LogP contribution is 2.34. The predicted octanol–water partition coefficient (Wildman–Crippen LogP) is 1.60. The second-order valence-electron chi connectivity index (χ2n) is 3.23. The Bertz CT molecular complexity index is 331. The summed E-state index contributed by atoms with van der Waals surface area (Å²) in [7, 11) is 2.91. The van der Waals surface area contributed by atoms with Crippen LogP contribution in [-0.4, -0.2) is 24.4 Å². The van der Waals surface area contributed by atoms with Crippen molar-refractivity contribution in [3.8, 4) is 11.5 Å². The fourth-order valence-electron chi connectivity index (χ4n) is 1.41. The van der Waals surface area contributed by atoms with Gasteiger partial charge in [0.2, 0.25) is 0 Å². The molecule has 0 saturated heterocycles. The molecule has 0 aliphatic heterocycles. The second-order valence-corrected chi connectivity index (χ2v) is 3.23. The van der Waals surface area contributed by atoms with E-state index < -0.39 is 5.79 Å². The van der Waals surface area contributed by atoms with Gasteiger partial charge in [-0.3, -0.25) is 0 Å². The summed E-state index contributed by atoms with van der Waals surface area (Å²) in [5.41, 5.74) is 0.341. The summed E-state index contributed by atoms with van der Waals surface area (Å²) in [6.45, 7) is 1.77. The standard InChI is InChI=1S/C11H16O4/c1-4-11(13,15-3)9-6-5-8(14-2)7-10(9)12/h5-7,12-13H,4H2,1-3H3. The van der Waals surface area contributed by atoms with E-state index >= 15 is 0 Å². The summed E-state index contributed by atoms with van der Waals surface area (Å²) in [5.74, 6) is -0.956. The van der Waals surface area contributed by atoms with Gasteiger partial charge in [-0.15, -0.1) is 0 Å². The Balaban J connectivity index is 3.14. The quantitative estimate of drug-likeness (QED) is 0.744. The molecule has 0 fully saturated rings. The molecule has 2 N–H and O–H groups in total. The lowest BCUT2D eigenvalue weighted by atomic mass is 10.0. The Kier molecular flexibility index (Phi) is 3.55. The molecule has 1 aromatic rings. The lowest BCUT2D eigenvalue weighted by molar-refractivity contribution is -0.196. The highest BCUT2D eigenvalue weighted by atomic mass is 16.6. The number of rotatable bonds is 4. The Hall–Kier alpha value is -1.26. The number of benzene rings is 1. The monoisotopic (exact) mass is 212 g/mol. The molecule has 0 saturated carbocycles. The van der Waals surface area contributed by atoms with E-state index in [2.05, 4.69) is 0 Å². The maximum Gasteiger partial charge on any atom is 0.195 e. The van der Waals surface area contributed by atoms with E-state index in [0.29, 0.717) is 17.7 Å². The normalized spacial score (nSPS) is 14.7. The van der Waals surface area contributed by atoms with Crippen LogP contribution in [0.1, 0.15) is 18.9 Å². The number of hydrogen-bond donors (Lipinski definition) is 2. The highest BCUT2D eigenvalue weighted by Gasteiger charge is 2.29. The van der Waals surface area contributed by atoms with Crippen LogP contribution in [0.4, 0.5) is 0 Å². The second kappa shape index (κ2) is 4.51. The van der Waals surface area contributed by atoms with Crippen LogP contribution >= 0.6 is 0 Å². The summed E-state index contributed by atoms with van der Waals surface area (Å²) < 4.78 is 9.93. The van der Waals surface area contributed by atoms with Gasteiger partial charge in [-0.25, -0.2) is 0 Å². The molecule has 0 heterocycles. The van der Waals surface area contributed by atoms with E-state index in [-0.39, 0.29) is 5.75 Å². The molecule has 0 radical (unpaired) electrons. The number of phenolic OH excluding ortho intramolecular Hbond substituents is 1. The molecule has 0 spiro atoms. The van der Waals surface area contributed by atoms with Crippen molar-refractivity contribution in [2.75, 3.05) is 14.2 Å². The number of phenols is 1. The zero-order chi connectivity index (χ0) is 11.5. The third kappa shape index (κ3) is 2.22. The minimum absolute atomic E-state index is 0.0412. The zero-order valence-corrected chi connectivity index (χ0v) is 9.15. The van der Waals surface area contributed by atoms with Crippen molar-refractivity contribution in [2.24, 2.45) is 0 Å². The largest absolute Gasteiger partial charge is 0.507 e. The predicted molar refractivity (Wildman–Crippen MR) is 55.9 cm³/mol. The van der Waals surface area contributed by atoms with Crippen LogP contribution in [0.15, 0.2) is 18.2 Å². The molecule has 4 nitrogen and oxygen atoms in total. The Labute approximate surface area is 89.1 Å². The molecule has 1 atom stereocenters. The maximum atomic E-state index is 10.0. The van der Waals surface area contributed by atoms with Crippen molar-refractivity contribution < 1.29 is 19.7 Å². The van der Waals surface area contributed by atoms with Gasteiger partial charge in [0, 0.05) is 19.6 Å². The first-order valence-electron chi connectivity index (χ1n) is 4.72. The molecule has 0 aliphatic rings. The summed E-state index contributed by atoms with van der Waals surface area (Å²) >= 11 is 0. The van der Waals surface area contributed by atoms with Gasteiger partial charge >= 0.3 is 0 Å². The average molecular weight is 212 g/mol. The van der Waals surface area contributed by atoms with Crippen molar-refractivity contribution >= 4 is 0 Å². The molecule has 0 aliphatic carbocycles. The van der Waals surface area contributed by atoms with Crippen LogP contribution in [-0.2, 0) is 10.5 Å². The minimum atomic E-state index is -1.45. The Morgan fingerprint density at radius 3 is 2.40 bits per heavy atom. The van der Waals surface area contributed by atoms with Crippen LogP contribution in [0.3, 0.4) is 0 Å². The minimum Gasteiger partial charge on any atom is -0.507 e. The molecule has 15 heavy (non-hydrogen) atoms. The number of aromatic hydroxyl groups is 1. The first kappa shape index (κ1) is 11.8. The molecule has 84 valence electrons. The molecule has 0 aromatic heterocycles. The molecule has 1 aromatic carbocycles. The van der Waals surface area contributed by atoms with Gasteiger partial charge in [-0.2, -0.15) is 0 Å². The Morgan fingerprint density at radius 1 is 1.33 bits per heavy atom. The molecule has 1 rings (SSSR count). The SMILES string of the molecule is CCC(O)(OC)c1ccc(OC)cc1O. The van der Waals surface area contributed by atoms with Crippen LogP contribution in [0.5, 0.6) is 11.5 Å². The van der Waals surface area contributed by atoms with Gasteiger partial charge in [0.1, 0.15) is 11.5 Å². The van der Waals surface area contributed by atoms with Crippen molar-refractivity contribution in [3.63, 3.8) is 0 Å². The van der Waals surface area contributed by atoms with Gasteiger partial charge in [0.15, 0.2) is 5.79 Å². The highest BCUT2D eigenvalue weighted by molar-refractivity contribution is 5.42. The van der Waals surface area contributed by atoms with Gasteiger partial charge in [-0.05, 0) is 12.1 Å². The van der Waals surface area contributed by atoms with E-state index in [1.54, 1.807) is 19.1 Å². The van der Waals surface area contributed by atoms with Crippen LogP contribution < -0.4 is 4.74 Å². The number of methoxy groups -OCH3 is 2. The summed E-state index contributed by atoms with van der Waals surface area (Å²) in [5, 5.41) is 19.7. The lowest BCUT2D eigenvalue weighted by Crippen LogP contribution is -2.26. The van der Waals surface area contributed by atoms with Crippen molar-refractivity contribution in [3.05, 3.63) is 23.8 Å². The molecule has 4 heteroatoms. The van der Waals surface area contributed by atoms with E-state index in [9.17, 15) is 10.2 Å². The van der Waals surface area contributed by atoms with E-state index in [4.69, 9.17) is 9.47 Å². The summed E-state index contributed by atoms with van der Waals surface area (Å²) in [4.78, 5) is 0. The molecule has 1 unspecified atom stereocenters. The number of hydrogen-bond acceptors (Lipinski definition) is 4. The van der Waals surface area contributed by atoms with Gasteiger partial charge in [-0.1, -0.05) is 6.92 Å². The first-order chi connectivity index (χ1) is 7.07. The van der Waals surface area contributed by atoms with Crippen LogP contribution in [0, 0.1) is 0 Å². The maximum absolute atomic E-state index is 10.0. The average Bonchev–Trinajstić information content (AvgIpc) is 2.27.